The molecule has 1 saturated heterocycles. The van der Waals surface area contributed by atoms with Gasteiger partial charge >= 0.3 is 0 Å². The maximum atomic E-state index is 9.91. The summed E-state index contributed by atoms with van der Waals surface area (Å²) in [5, 5.41) is 13.3. The van der Waals surface area contributed by atoms with Crippen molar-refractivity contribution in [1.29, 1.82) is 0 Å². The van der Waals surface area contributed by atoms with Gasteiger partial charge in [-0.15, -0.1) is 0 Å². The topological polar surface area (TPSA) is 44.7 Å². The van der Waals surface area contributed by atoms with Crippen molar-refractivity contribution in [3.8, 4) is 11.5 Å². The quantitative estimate of drug-likeness (QED) is 0.895. The molecule has 4 heteroatoms. The highest BCUT2D eigenvalue weighted by Crippen LogP contribution is 2.40. The highest BCUT2D eigenvalue weighted by Gasteiger charge is 2.32. The first kappa shape index (κ1) is 16.1. The molecule has 0 aromatic heterocycles. The summed E-state index contributed by atoms with van der Waals surface area (Å²) >= 11 is 0. The minimum atomic E-state index is 0.123. The molecule has 21 heavy (non-hydrogen) atoms. The fourth-order valence-electron chi connectivity index (χ4n) is 3.17. The van der Waals surface area contributed by atoms with Crippen molar-refractivity contribution in [2.75, 3.05) is 32.8 Å². The van der Waals surface area contributed by atoms with E-state index in [1.165, 1.54) is 5.56 Å². The van der Waals surface area contributed by atoms with E-state index in [0.29, 0.717) is 18.4 Å². The molecule has 0 spiro atoms. The lowest BCUT2D eigenvalue weighted by atomic mass is 9.81. The Hall–Kier alpha value is -1.26. The van der Waals surface area contributed by atoms with E-state index < -0.39 is 0 Å². The van der Waals surface area contributed by atoms with Gasteiger partial charge < -0.3 is 15.2 Å². The number of nitrogens with zero attached hydrogens (tertiary/aromatic N) is 1. The van der Waals surface area contributed by atoms with Crippen LogP contribution in [0, 0.1) is 5.41 Å². The zero-order chi connectivity index (χ0) is 15.5. The Kier molecular flexibility index (Phi) is 5.12. The molecule has 0 bridgehead atoms. The Bertz CT molecular complexity index is 462. The number of benzene rings is 1. The van der Waals surface area contributed by atoms with Crippen molar-refractivity contribution in [3.05, 3.63) is 23.8 Å². The number of rotatable bonds is 4. The van der Waals surface area contributed by atoms with Gasteiger partial charge in [0.25, 0.3) is 0 Å². The SMILES string of the molecule is CCOc1cc([C@@H](N2CCNCC2)C(C)(C)C)ccc1O. The molecule has 0 aliphatic carbocycles. The van der Waals surface area contributed by atoms with Crippen LogP contribution in [0.2, 0.25) is 0 Å². The average molecular weight is 292 g/mol. The summed E-state index contributed by atoms with van der Waals surface area (Å²) in [4.78, 5) is 2.53. The van der Waals surface area contributed by atoms with Crippen molar-refractivity contribution in [2.24, 2.45) is 5.41 Å². The summed E-state index contributed by atoms with van der Waals surface area (Å²) in [6.45, 7) is 13.5. The molecule has 0 amide bonds. The highest BCUT2D eigenvalue weighted by atomic mass is 16.5. The van der Waals surface area contributed by atoms with E-state index in [-0.39, 0.29) is 11.2 Å². The van der Waals surface area contributed by atoms with E-state index in [9.17, 15) is 5.11 Å². The summed E-state index contributed by atoms with van der Waals surface area (Å²) in [5.74, 6) is 0.799. The molecule has 0 radical (unpaired) electrons. The van der Waals surface area contributed by atoms with Crippen molar-refractivity contribution in [2.45, 2.75) is 33.7 Å². The number of nitrogens with one attached hydrogen (secondary N) is 1. The zero-order valence-electron chi connectivity index (χ0n) is 13.6. The van der Waals surface area contributed by atoms with E-state index >= 15 is 0 Å². The Morgan fingerprint density at radius 3 is 2.52 bits per heavy atom. The summed E-state index contributed by atoms with van der Waals surface area (Å²) in [5.41, 5.74) is 1.34. The van der Waals surface area contributed by atoms with Crippen LogP contribution in [-0.2, 0) is 0 Å². The number of hydrogen-bond donors (Lipinski definition) is 2. The van der Waals surface area contributed by atoms with Crippen LogP contribution in [-0.4, -0.2) is 42.8 Å². The summed E-state index contributed by atoms with van der Waals surface area (Å²) in [6.07, 6.45) is 0. The van der Waals surface area contributed by atoms with Crippen LogP contribution in [0.25, 0.3) is 0 Å². The minimum absolute atomic E-state index is 0.123. The van der Waals surface area contributed by atoms with Crippen LogP contribution in [0.1, 0.15) is 39.3 Å². The van der Waals surface area contributed by atoms with Crippen molar-refractivity contribution in [1.82, 2.24) is 10.2 Å². The van der Waals surface area contributed by atoms with Crippen LogP contribution in [0.15, 0.2) is 18.2 Å². The van der Waals surface area contributed by atoms with Gasteiger partial charge in [-0.05, 0) is 30.0 Å². The first-order valence-corrected chi connectivity index (χ1v) is 7.84. The molecule has 0 saturated carbocycles. The molecule has 1 aliphatic heterocycles. The fraction of sp³-hybridized carbons (Fsp3) is 0.647. The average Bonchev–Trinajstić information content (AvgIpc) is 2.42. The van der Waals surface area contributed by atoms with Crippen LogP contribution in [0.5, 0.6) is 11.5 Å². The number of phenolic OH excluding ortho intramolecular Hbond substituents is 1. The fourth-order valence-corrected chi connectivity index (χ4v) is 3.17. The second-order valence-corrected chi connectivity index (χ2v) is 6.71. The molecule has 4 nitrogen and oxygen atoms in total. The third kappa shape index (κ3) is 3.89. The molecule has 1 aromatic rings. The molecule has 1 atom stereocenters. The monoisotopic (exact) mass is 292 g/mol. The third-order valence-corrected chi connectivity index (χ3v) is 3.94. The zero-order valence-corrected chi connectivity index (χ0v) is 13.6. The highest BCUT2D eigenvalue weighted by molar-refractivity contribution is 5.43. The Morgan fingerprint density at radius 2 is 1.95 bits per heavy atom. The second-order valence-electron chi connectivity index (χ2n) is 6.71. The van der Waals surface area contributed by atoms with Crippen LogP contribution in [0.3, 0.4) is 0 Å². The largest absolute Gasteiger partial charge is 0.504 e. The third-order valence-electron chi connectivity index (χ3n) is 3.94. The van der Waals surface area contributed by atoms with Crippen molar-refractivity contribution in [3.63, 3.8) is 0 Å². The Labute approximate surface area is 128 Å². The first-order chi connectivity index (χ1) is 9.93. The maximum absolute atomic E-state index is 9.91. The molecular formula is C17H28N2O2. The Balaban J connectivity index is 2.34. The number of piperazine rings is 1. The number of ether oxygens (including phenoxy) is 1. The molecule has 1 aliphatic rings. The van der Waals surface area contributed by atoms with Gasteiger partial charge in [0.2, 0.25) is 0 Å². The molecule has 2 N–H and O–H groups in total. The standard InChI is InChI=1S/C17H28N2O2/c1-5-21-15-12-13(6-7-14(15)20)16(17(2,3)4)19-10-8-18-9-11-19/h6-7,12,16,18,20H,5,8-11H2,1-4H3/t16-/m1/s1. The van der Waals surface area contributed by atoms with Crippen LogP contribution in [0.4, 0.5) is 0 Å². The van der Waals surface area contributed by atoms with Gasteiger partial charge in [0, 0.05) is 32.2 Å². The molecule has 2 rings (SSSR count). The van der Waals surface area contributed by atoms with Gasteiger partial charge in [-0.2, -0.15) is 0 Å². The first-order valence-electron chi connectivity index (χ1n) is 7.84. The van der Waals surface area contributed by atoms with Gasteiger partial charge in [-0.1, -0.05) is 26.8 Å². The molecule has 0 unspecified atom stereocenters. The summed E-state index contributed by atoms with van der Waals surface area (Å²) in [6, 6.07) is 6.09. The van der Waals surface area contributed by atoms with Crippen molar-refractivity contribution >= 4 is 0 Å². The van der Waals surface area contributed by atoms with Gasteiger partial charge in [-0.25, -0.2) is 0 Å². The summed E-state index contributed by atoms with van der Waals surface area (Å²) < 4.78 is 5.55. The van der Waals surface area contributed by atoms with Crippen molar-refractivity contribution < 1.29 is 9.84 Å². The number of hydrogen-bond acceptors (Lipinski definition) is 4. The predicted molar refractivity (Wildman–Crippen MR) is 85.9 cm³/mol. The predicted octanol–water partition coefficient (Wildman–Crippen LogP) is 2.78. The maximum Gasteiger partial charge on any atom is 0.161 e. The second kappa shape index (κ2) is 6.67. The van der Waals surface area contributed by atoms with E-state index in [2.05, 4.69) is 31.0 Å². The molecule has 1 aromatic carbocycles. The van der Waals surface area contributed by atoms with E-state index in [1.807, 2.05) is 19.1 Å². The molecule has 1 fully saturated rings. The van der Waals surface area contributed by atoms with Crippen LogP contribution >= 0.6 is 0 Å². The van der Waals surface area contributed by atoms with Gasteiger partial charge in [-0.3, -0.25) is 4.90 Å². The number of phenols is 1. The normalized spacial score (nSPS) is 18.5. The lowest BCUT2D eigenvalue weighted by molar-refractivity contribution is 0.0859. The lowest BCUT2D eigenvalue weighted by Crippen LogP contribution is -2.48. The summed E-state index contributed by atoms with van der Waals surface area (Å²) in [7, 11) is 0. The van der Waals surface area contributed by atoms with Gasteiger partial charge in [0.05, 0.1) is 6.61 Å². The van der Waals surface area contributed by atoms with E-state index in [1.54, 1.807) is 6.07 Å². The van der Waals surface area contributed by atoms with Crippen LogP contribution < -0.4 is 10.1 Å². The molecular weight excluding hydrogens is 264 g/mol. The van der Waals surface area contributed by atoms with E-state index in [0.717, 1.165) is 26.2 Å². The van der Waals surface area contributed by atoms with E-state index in [4.69, 9.17) is 4.74 Å². The van der Waals surface area contributed by atoms with Gasteiger partial charge in [0.15, 0.2) is 11.5 Å². The number of aromatic hydroxyl groups is 1. The lowest BCUT2D eigenvalue weighted by Gasteiger charge is -2.42. The Morgan fingerprint density at radius 1 is 1.29 bits per heavy atom. The minimum Gasteiger partial charge on any atom is -0.504 e. The smallest absolute Gasteiger partial charge is 0.161 e. The molecule has 118 valence electrons. The molecule has 1 heterocycles. The van der Waals surface area contributed by atoms with Gasteiger partial charge in [0.1, 0.15) is 0 Å².